The summed E-state index contributed by atoms with van der Waals surface area (Å²) in [6, 6.07) is 21.0. The van der Waals surface area contributed by atoms with Crippen LogP contribution in [0.2, 0.25) is 5.02 Å². The van der Waals surface area contributed by atoms with Gasteiger partial charge in [0.2, 0.25) is 0 Å². The van der Waals surface area contributed by atoms with Gasteiger partial charge in [0.25, 0.3) is 11.8 Å². The number of hydrogen-bond donors (Lipinski definition) is 1. The van der Waals surface area contributed by atoms with Crippen LogP contribution in [0.15, 0.2) is 76.5 Å². The second kappa shape index (κ2) is 9.00. The molecule has 1 aliphatic carbocycles. The number of benzene rings is 3. The number of fused-ring (bicyclic) bond motifs is 2. The monoisotopic (exact) mass is 462 g/mol. The molecule has 2 amide bonds. The summed E-state index contributed by atoms with van der Waals surface area (Å²) in [7, 11) is 0. The van der Waals surface area contributed by atoms with Crippen LogP contribution in [0.5, 0.6) is 0 Å². The summed E-state index contributed by atoms with van der Waals surface area (Å²) < 4.78 is 0. The molecule has 0 bridgehead atoms. The molecule has 1 saturated carbocycles. The van der Waals surface area contributed by atoms with Gasteiger partial charge < -0.3 is 10.2 Å². The lowest BCUT2D eigenvalue weighted by Crippen LogP contribution is -2.33. The highest BCUT2D eigenvalue weighted by atomic mass is 35.5. The smallest absolute Gasteiger partial charge is 0.259 e. The van der Waals surface area contributed by atoms with Gasteiger partial charge in [0, 0.05) is 26.4 Å². The molecule has 1 fully saturated rings. The Labute approximate surface area is 197 Å². The van der Waals surface area contributed by atoms with Crippen LogP contribution in [-0.2, 0) is 6.54 Å². The maximum Gasteiger partial charge on any atom is 0.259 e. The predicted molar refractivity (Wildman–Crippen MR) is 129 cm³/mol. The third-order valence-electron chi connectivity index (χ3n) is 6.07. The van der Waals surface area contributed by atoms with Crippen LogP contribution in [-0.4, -0.2) is 17.9 Å². The molecular formula is C26H23ClN2O2S. The number of amides is 2. The van der Waals surface area contributed by atoms with Gasteiger partial charge in [-0.2, -0.15) is 0 Å². The summed E-state index contributed by atoms with van der Waals surface area (Å²) >= 11 is 7.98. The number of carbonyl (C=O) groups excluding carboxylic acids is 2. The van der Waals surface area contributed by atoms with Gasteiger partial charge in [0.15, 0.2) is 0 Å². The molecule has 5 rings (SSSR count). The third kappa shape index (κ3) is 4.15. The van der Waals surface area contributed by atoms with Gasteiger partial charge in [-0.15, -0.1) is 0 Å². The van der Waals surface area contributed by atoms with E-state index in [9.17, 15) is 9.59 Å². The molecule has 162 valence electrons. The SMILES string of the molecule is O=C(NC1CCCC1)c1ccc2c(c1)N(Cc1ccccc1Cl)C(=O)c1ccccc1S2. The molecule has 0 saturated heterocycles. The number of hydrogen-bond acceptors (Lipinski definition) is 3. The van der Waals surface area contributed by atoms with E-state index >= 15 is 0 Å². The normalized spacial score (nSPS) is 15.8. The first kappa shape index (κ1) is 21.1. The average molecular weight is 463 g/mol. The van der Waals surface area contributed by atoms with Crippen molar-refractivity contribution >= 4 is 40.9 Å². The maximum atomic E-state index is 13.6. The maximum absolute atomic E-state index is 13.6. The topological polar surface area (TPSA) is 49.4 Å². The molecule has 6 heteroatoms. The predicted octanol–water partition coefficient (Wildman–Crippen LogP) is 6.32. The first-order valence-corrected chi connectivity index (χ1v) is 12.1. The zero-order chi connectivity index (χ0) is 22.1. The van der Waals surface area contributed by atoms with Gasteiger partial charge in [-0.25, -0.2) is 0 Å². The van der Waals surface area contributed by atoms with Crippen LogP contribution >= 0.6 is 23.4 Å². The fourth-order valence-electron chi connectivity index (χ4n) is 4.35. The van der Waals surface area contributed by atoms with Crippen LogP contribution in [0.1, 0.15) is 52.0 Å². The van der Waals surface area contributed by atoms with Crippen molar-refractivity contribution in [2.45, 2.75) is 48.1 Å². The van der Waals surface area contributed by atoms with Crippen molar-refractivity contribution in [3.63, 3.8) is 0 Å². The highest BCUT2D eigenvalue weighted by molar-refractivity contribution is 7.99. The van der Waals surface area contributed by atoms with E-state index < -0.39 is 0 Å². The molecule has 32 heavy (non-hydrogen) atoms. The summed E-state index contributed by atoms with van der Waals surface area (Å²) in [6.45, 7) is 0.327. The molecule has 0 unspecified atom stereocenters. The van der Waals surface area contributed by atoms with Crippen molar-refractivity contribution in [2.75, 3.05) is 4.90 Å². The van der Waals surface area contributed by atoms with E-state index in [0.717, 1.165) is 46.7 Å². The number of nitrogens with one attached hydrogen (secondary N) is 1. The third-order valence-corrected chi connectivity index (χ3v) is 7.58. The second-order valence-corrected chi connectivity index (χ2v) is 9.71. The van der Waals surface area contributed by atoms with Gasteiger partial charge >= 0.3 is 0 Å². The van der Waals surface area contributed by atoms with Crippen molar-refractivity contribution in [1.82, 2.24) is 5.32 Å². The van der Waals surface area contributed by atoms with E-state index in [1.54, 1.807) is 16.7 Å². The Morgan fingerprint density at radius 1 is 1.00 bits per heavy atom. The van der Waals surface area contributed by atoms with Gasteiger partial charge in [-0.3, -0.25) is 9.59 Å². The van der Waals surface area contributed by atoms with Crippen molar-refractivity contribution in [3.8, 4) is 0 Å². The van der Waals surface area contributed by atoms with Crippen LogP contribution < -0.4 is 10.2 Å². The van der Waals surface area contributed by atoms with E-state index in [-0.39, 0.29) is 17.9 Å². The molecule has 0 atom stereocenters. The Bertz CT molecular complexity index is 1190. The van der Waals surface area contributed by atoms with E-state index in [0.29, 0.717) is 22.7 Å². The summed E-state index contributed by atoms with van der Waals surface area (Å²) in [5, 5.41) is 3.76. The number of halogens is 1. The molecule has 3 aromatic rings. The highest BCUT2D eigenvalue weighted by Gasteiger charge is 2.29. The molecule has 1 aliphatic heterocycles. The summed E-state index contributed by atoms with van der Waals surface area (Å²) in [5.74, 6) is -0.184. The summed E-state index contributed by atoms with van der Waals surface area (Å²) in [4.78, 5) is 30.2. The fourth-order valence-corrected chi connectivity index (χ4v) is 5.61. The standard InChI is InChI=1S/C26H23ClN2O2S/c27-21-11-5-1-7-18(21)16-29-22-15-17(25(30)28-19-8-2-3-9-19)13-14-24(22)32-23-12-6-4-10-20(23)26(29)31/h1,4-7,10-15,19H,2-3,8-9,16H2,(H,28,30). The molecular weight excluding hydrogens is 440 g/mol. The molecule has 0 aromatic heterocycles. The quantitative estimate of drug-likeness (QED) is 0.493. The van der Waals surface area contributed by atoms with E-state index in [4.69, 9.17) is 11.6 Å². The summed E-state index contributed by atoms with van der Waals surface area (Å²) in [5.41, 5.74) is 2.81. The van der Waals surface area contributed by atoms with Gasteiger partial charge in [0.05, 0.1) is 17.8 Å². The van der Waals surface area contributed by atoms with Crippen LogP contribution in [0.25, 0.3) is 0 Å². The lowest BCUT2D eigenvalue weighted by Gasteiger charge is -2.24. The van der Waals surface area contributed by atoms with Gasteiger partial charge in [-0.1, -0.05) is 66.5 Å². The zero-order valence-electron chi connectivity index (χ0n) is 17.5. The Balaban J connectivity index is 1.56. The molecule has 0 spiro atoms. The summed E-state index contributed by atoms with van der Waals surface area (Å²) in [6.07, 6.45) is 4.37. The molecule has 4 nitrogen and oxygen atoms in total. The minimum atomic E-state index is -0.0971. The first-order chi connectivity index (χ1) is 15.6. The van der Waals surface area contributed by atoms with Crippen LogP contribution in [0.4, 0.5) is 5.69 Å². The first-order valence-electron chi connectivity index (χ1n) is 10.9. The lowest BCUT2D eigenvalue weighted by molar-refractivity contribution is 0.0935. The highest BCUT2D eigenvalue weighted by Crippen LogP contribution is 2.42. The second-order valence-electron chi connectivity index (χ2n) is 8.22. The van der Waals surface area contributed by atoms with E-state index in [1.165, 1.54) is 0 Å². The molecule has 0 radical (unpaired) electrons. The van der Waals surface area contributed by atoms with Crippen molar-refractivity contribution < 1.29 is 9.59 Å². The largest absolute Gasteiger partial charge is 0.349 e. The minimum absolute atomic E-state index is 0.0865. The average Bonchev–Trinajstić information content (AvgIpc) is 3.28. The zero-order valence-corrected chi connectivity index (χ0v) is 19.1. The number of carbonyl (C=O) groups is 2. The number of anilines is 1. The van der Waals surface area contributed by atoms with E-state index in [1.807, 2.05) is 66.7 Å². The Hall–Kier alpha value is -2.76. The lowest BCUT2D eigenvalue weighted by atomic mass is 10.1. The van der Waals surface area contributed by atoms with Crippen molar-refractivity contribution in [1.29, 1.82) is 0 Å². The molecule has 2 aliphatic rings. The Morgan fingerprint density at radius 2 is 1.75 bits per heavy atom. The van der Waals surface area contributed by atoms with Crippen LogP contribution in [0.3, 0.4) is 0 Å². The van der Waals surface area contributed by atoms with Crippen molar-refractivity contribution in [2.24, 2.45) is 0 Å². The number of nitrogens with zero attached hydrogens (tertiary/aromatic N) is 1. The molecule has 1 heterocycles. The van der Waals surface area contributed by atoms with Gasteiger partial charge in [0.1, 0.15) is 0 Å². The van der Waals surface area contributed by atoms with Crippen LogP contribution in [0, 0.1) is 0 Å². The molecule has 1 N–H and O–H groups in total. The molecule has 3 aromatic carbocycles. The fraction of sp³-hybridized carbons (Fsp3) is 0.231. The Kier molecular flexibility index (Phi) is 5.94. The Morgan fingerprint density at radius 3 is 2.56 bits per heavy atom. The van der Waals surface area contributed by atoms with E-state index in [2.05, 4.69) is 5.32 Å². The van der Waals surface area contributed by atoms with Crippen molar-refractivity contribution in [3.05, 3.63) is 88.4 Å². The van der Waals surface area contributed by atoms with Gasteiger partial charge in [-0.05, 0) is 54.8 Å². The minimum Gasteiger partial charge on any atom is -0.349 e. The number of rotatable bonds is 4.